The van der Waals surface area contributed by atoms with E-state index in [9.17, 15) is 4.79 Å². The van der Waals surface area contributed by atoms with Crippen LogP contribution in [0, 0.1) is 13.8 Å². The summed E-state index contributed by atoms with van der Waals surface area (Å²) in [6, 6.07) is 13.7. The molecule has 0 radical (unpaired) electrons. The molecule has 0 heterocycles. The third kappa shape index (κ3) is 6.28. The molecule has 23 heavy (non-hydrogen) atoms. The largest absolute Gasteiger partial charge is 0.493 e. The number of rotatable bonds is 7. The number of hydrogen-bond donors (Lipinski definition) is 1. The molecule has 1 N–H and O–H groups in total. The molecule has 0 bridgehead atoms. The smallest absolute Gasteiger partial charge is 0.234 e. The van der Waals surface area contributed by atoms with Crippen molar-refractivity contribution >= 4 is 39.3 Å². The standard InChI is InChI=1S/C18H20BrNO2S/c1-13-3-6-16(11-14(13)2)20-18(21)12-23-10-9-22-17-7-4-15(19)5-8-17/h3-8,11H,9-10,12H2,1-2H3,(H,20,21). The molecule has 122 valence electrons. The van der Waals surface area contributed by atoms with Crippen LogP contribution in [-0.4, -0.2) is 24.0 Å². The zero-order chi connectivity index (χ0) is 16.7. The number of amides is 1. The first-order valence-electron chi connectivity index (χ1n) is 7.38. The van der Waals surface area contributed by atoms with Gasteiger partial charge in [0.15, 0.2) is 0 Å². The molecule has 0 aromatic heterocycles. The summed E-state index contributed by atoms with van der Waals surface area (Å²) in [5.41, 5.74) is 3.26. The number of ether oxygens (including phenoxy) is 1. The Morgan fingerprint density at radius 2 is 1.87 bits per heavy atom. The Balaban J connectivity index is 1.64. The first-order valence-corrected chi connectivity index (χ1v) is 9.32. The van der Waals surface area contributed by atoms with Crippen molar-refractivity contribution < 1.29 is 9.53 Å². The molecule has 0 saturated heterocycles. The van der Waals surface area contributed by atoms with Gasteiger partial charge in [-0.15, -0.1) is 11.8 Å². The topological polar surface area (TPSA) is 38.3 Å². The molecular weight excluding hydrogens is 374 g/mol. The highest BCUT2D eigenvalue weighted by atomic mass is 79.9. The van der Waals surface area contributed by atoms with Gasteiger partial charge in [0.1, 0.15) is 5.75 Å². The number of nitrogens with one attached hydrogen (secondary N) is 1. The Hall–Kier alpha value is -1.46. The van der Waals surface area contributed by atoms with Crippen molar-refractivity contribution in [1.29, 1.82) is 0 Å². The summed E-state index contributed by atoms with van der Waals surface area (Å²) in [6.07, 6.45) is 0. The maximum Gasteiger partial charge on any atom is 0.234 e. The van der Waals surface area contributed by atoms with Crippen molar-refractivity contribution in [3.63, 3.8) is 0 Å². The van der Waals surface area contributed by atoms with Crippen molar-refractivity contribution in [3.8, 4) is 5.75 Å². The van der Waals surface area contributed by atoms with Gasteiger partial charge in [0, 0.05) is 15.9 Å². The van der Waals surface area contributed by atoms with Gasteiger partial charge in [0.2, 0.25) is 5.91 Å². The highest BCUT2D eigenvalue weighted by molar-refractivity contribution is 9.10. The zero-order valence-corrected chi connectivity index (χ0v) is 15.7. The molecule has 0 saturated carbocycles. The highest BCUT2D eigenvalue weighted by Gasteiger charge is 2.04. The number of hydrogen-bond acceptors (Lipinski definition) is 3. The van der Waals surface area contributed by atoms with Gasteiger partial charge in [-0.2, -0.15) is 0 Å². The summed E-state index contributed by atoms with van der Waals surface area (Å²) in [4.78, 5) is 11.9. The Bertz CT molecular complexity index is 659. The molecule has 0 unspecified atom stereocenters. The molecule has 0 spiro atoms. The lowest BCUT2D eigenvalue weighted by molar-refractivity contribution is -0.113. The quantitative estimate of drug-likeness (QED) is 0.685. The third-order valence-electron chi connectivity index (χ3n) is 3.33. The van der Waals surface area contributed by atoms with Gasteiger partial charge in [0.05, 0.1) is 12.4 Å². The minimum absolute atomic E-state index is 0.0156. The normalized spacial score (nSPS) is 10.4. The van der Waals surface area contributed by atoms with Gasteiger partial charge in [-0.3, -0.25) is 4.79 Å². The van der Waals surface area contributed by atoms with E-state index in [1.165, 1.54) is 11.1 Å². The first-order chi connectivity index (χ1) is 11.0. The van der Waals surface area contributed by atoms with Crippen LogP contribution in [-0.2, 0) is 4.79 Å². The molecule has 0 aliphatic heterocycles. The average Bonchev–Trinajstić information content (AvgIpc) is 2.52. The van der Waals surface area contributed by atoms with Crippen LogP contribution in [0.4, 0.5) is 5.69 Å². The maximum absolute atomic E-state index is 11.9. The van der Waals surface area contributed by atoms with Crippen molar-refractivity contribution in [1.82, 2.24) is 0 Å². The highest BCUT2D eigenvalue weighted by Crippen LogP contribution is 2.17. The van der Waals surface area contributed by atoms with Crippen LogP contribution < -0.4 is 10.1 Å². The lowest BCUT2D eigenvalue weighted by Gasteiger charge is -2.08. The summed E-state index contributed by atoms with van der Waals surface area (Å²) in [5.74, 6) is 2.06. The van der Waals surface area contributed by atoms with Crippen LogP contribution >= 0.6 is 27.7 Å². The van der Waals surface area contributed by atoms with Crippen molar-refractivity contribution in [2.24, 2.45) is 0 Å². The minimum Gasteiger partial charge on any atom is -0.493 e. The second-order valence-electron chi connectivity index (χ2n) is 5.20. The summed E-state index contributed by atoms with van der Waals surface area (Å²) < 4.78 is 6.65. The van der Waals surface area contributed by atoms with Crippen LogP contribution in [0.2, 0.25) is 0 Å². The summed E-state index contributed by atoms with van der Waals surface area (Å²) in [7, 11) is 0. The monoisotopic (exact) mass is 393 g/mol. The molecule has 0 atom stereocenters. The molecule has 2 rings (SSSR count). The lowest BCUT2D eigenvalue weighted by atomic mass is 10.1. The summed E-state index contributed by atoms with van der Waals surface area (Å²) in [6.45, 7) is 4.69. The molecule has 1 amide bonds. The van der Waals surface area contributed by atoms with Gasteiger partial charge in [-0.05, 0) is 61.4 Å². The SMILES string of the molecule is Cc1ccc(NC(=O)CSCCOc2ccc(Br)cc2)cc1C. The van der Waals surface area contributed by atoms with Crippen LogP contribution in [0.5, 0.6) is 5.75 Å². The Labute approximate surface area is 149 Å². The Morgan fingerprint density at radius 1 is 1.13 bits per heavy atom. The zero-order valence-electron chi connectivity index (χ0n) is 13.3. The number of anilines is 1. The van der Waals surface area contributed by atoms with E-state index in [0.29, 0.717) is 12.4 Å². The number of thioether (sulfide) groups is 1. The molecule has 0 aliphatic carbocycles. The third-order valence-corrected chi connectivity index (χ3v) is 4.78. The predicted octanol–water partition coefficient (Wildman–Crippen LogP) is 4.82. The van der Waals surface area contributed by atoms with Crippen LogP contribution in [0.15, 0.2) is 46.9 Å². The van der Waals surface area contributed by atoms with E-state index in [1.54, 1.807) is 11.8 Å². The fraction of sp³-hybridized carbons (Fsp3) is 0.278. The number of halogens is 1. The van der Waals surface area contributed by atoms with Gasteiger partial charge < -0.3 is 10.1 Å². The van der Waals surface area contributed by atoms with E-state index >= 15 is 0 Å². The molecular formula is C18H20BrNO2S. The molecule has 0 fully saturated rings. The van der Waals surface area contributed by atoms with E-state index in [2.05, 4.69) is 28.2 Å². The van der Waals surface area contributed by atoms with E-state index in [1.807, 2.05) is 49.4 Å². The van der Waals surface area contributed by atoms with Gasteiger partial charge in [0.25, 0.3) is 0 Å². The van der Waals surface area contributed by atoms with Gasteiger partial charge >= 0.3 is 0 Å². The predicted molar refractivity (Wildman–Crippen MR) is 102 cm³/mol. The van der Waals surface area contributed by atoms with E-state index in [-0.39, 0.29) is 5.91 Å². The second kappa shape index (κ2) is 8.99. The fourth-order valence-electron chi connectivity index (χ4n) is 1.93. The van der Waals surface area contributed by atoms with Crippen LogP contribution in [0.25, 0.3) is 0 Å². The molecule has 3 nitrogen and oxygen atoms in total. The molecule has 2 aromatic carbocycles. The molecule has 0 aliphatic rings. The lowest BCUT2D eigenvalue weighted by Crippen LogP contribution is -2.15. The Morgan fingerprint density at radius 3 is 2.57 bits per heavy atom. The Kier molecular flexibility index (Phi) is 6.99. The van der Waals surface area contributed by atoms with Crippen molar-refractivity contribution in [2.75, 3.05) is 23.4 Å². The second-order valence-corrected chi connectivity index (χ2v) is 7.22. The maximum atomic E-state index is 11.9. The number of carbonyl (C=O) groups is 1. The van der Waals surface area contributed by atoms with Crippen molar-refractivity contribution in [2.45, 2.75) is 13.8 Å². The fourth-order valence-corrected chi connectivity index (χ4v) is 2.80. The number of benzene rings is 2. The minimum atomic E-state index is 0.0156. The van der Waals surface area contributed by atoms with Gasteiger partial charge in [-0.25, -0.2) is 0 Å². The van der Waals surface area contributed by atoms with Gasteiger partial charge in [-0.1, -0.05) is 22.0 Å². The molecule has 2 aromatic rings. The van der Waals surface area contributed by atoms with Crippen molar-refractivity contribution in [3.05, 3.63) is 58.1 Å². The van der Waals surface area contributed by atoms with E-state index in [4.69, 9.17) is 4.74 Å². The van der Waals surface area contributed by atoms with Crippen LogP contribution in [0.3, 0.4) is 0 Å². The summed E-state index contributed by atoms with van der Waals surface area (Å²) >= 11 is 4.95. The molecule has 5 heteroatoms. The van der Waals surface area contributed by atoms with E-state index in [0.717, 1.165) is 21.7 Å². The number of aryl methyl sites for hydroxylation is 2. The van der Waals surface area contributed by atoms with E-state index < -0.39 is 0 Å². The number of carbonyl (C=O) groups excluding carboxylic acids is 1. The first kappa shape index (κ1) is 17.9. The summed E-state index contributed by atoms with van der Waals surface area (Å²) in [5, 5.41) is 2.92. The van der Waals surface area contributed by atoms with Crippen LogP contribution in [0.1, 0.15) is 11.1 Å². The average molecular weight is 394 g/mol.